The Balaban J connectivity index is -0.00000403. The van der Waals surface area contributed by atoms with Gasteiger partial charge in [0.15, 0.2) is 0 Å². The third-order valence-corrected chi connectivity index (χ3v) is 11.4. The molecule has 0 amide bonds. The fourth-order valence-corrected chi connectivity index (χ4v) is 8.14. The Morgan fingerprint density at radius 2 is 0.648 bits per heavy atom. The van der Waals surface area contributed by atoms with Crippen LogP contribution in [0, 0.1) is 11.8 Å². The van der Waals surface area contributed by atoms with Crippen molar-refractivity contribution in [3.05, 3.63) is 12.8 Å². The fraction of sp³-hybridized carbons (Fsp3) is 0.939. The van der Waals surface area contributed by atoms with Gasteiger partial charge in [-0.3, -0.25) is 4.79 Å². The highest BCUT2D eigenvalue weighted by Crippen LogP contribution is 2.25. The first-order valence-electron chi connectivity index (χ1n) is 24.2. The minimum atomic E-state index is -0.250. The van der Waals surface area contributed by atoms with E-state index >= 15 is 0 Å². The van der Waals surface area contributed by atoms with E-state index in [4.69, 9.17) is 15.0 Å². The van der Waals surface area contributed by atoms with Gasteiger partial charge >= 0.3 is 0 Å². The second-order valence-corrected chi connectivity index (χ2v) is 16.5. The number of carbonyl (C=O) groups is 1. The quantitative estimate of drug-likeness (QED) is 0.0327. The Kier molecular flexibility index (Phi) is 57.3. The largest absolute Gasteiger partial charge is 0.516 e. The number of aliphatic hydroxyl groups excluding tert-OH is 2. The van der Waals surface area contributed by atoms with Crippen molar-refractivity contribution in [1.29, 1.82) is 0 Å². The van der Waals surface area contributed by atoms with Gasteiger partial charge in [-0.15, -0.1) is 0 Å². The number of aliphatic hydroxyl groups is 2. The monoisotopic (exact) mass is 768 g/mol. The highest BCUT2D eigenvalue weighted by atomic mass is 16.3. The van der Waals surface area contributed by atoms with Crippen LogP contribution in [-0.2, 0) is 4.79 Å². The molecular weight excluding hydrogens is 667 g/mol. The van der Waals surface area contributed by atoms with Gasteiger partial charge in [0.1, 0.15) is 0 Å². The van der Waals surface area contributed by atoms with Gasteiger partial charge in [-0.1, -0.05) is 246 Å². The van der Waals surface area contributed by atoms with E-state index in [2.05, 4.69) is 39.2 Å². The van der Waals surface area contributed by atoms with Gasteiger partial charge in [0.25, 0.3) is 6.47 Å². The predicted octanol–water partition coefficient (Wildman–Crippen LogP) is 16.0. The lowest BCUT2D eigenvalue weighted by molar-refractivity contribution is -0.122. The van der Waals surface area contributed by atoms with Gasteiger partial charge in [0, 0.05) is 13.2 Å². The molecule has 0 aliphatic rings. The Labute approximate surface area is 340 Å². The smallest absolute Gasteiger partial charge is 0.290 e. The molecule has 0 aliphatic heterocycles. The lowest BCUT2D eigenvalue weighted by Gasteiger charge is -2.22. The summed E-state index contributed by atoms with van der Waals surface area (Å²) in [4.78, 5) is 11.0. The maximum Gasteiger partial charge on any atom is 0.290 e. The molecule has 0 aromatic heterocycles. The lowest BCUT2D eigenvalue weighted by Crippen LogP contribution is -2.27. The van der Waals surface area contributed by atoms with E-state index in [1.54, 1.807) is 0 Å². The average molecular weight is 768 g/mol. The van der Waals surface area contributed by atoms with Crippen molar-refractivity contribution in [2.75, 3.05) is 26.2 Å². The molecule has 0 aromatic rings. The Morgan fingerprint density at radius 1 is 0.407 bits per heavy atom. The molecule has 0 radical (unpaired) electrons. The van der Waals surface area contributed by atoms with Crippen molar-refractivity contribution in [1.82, 2.24) is 4.90 Å². The van der Waals surface area contributed by atoms with E-state index in [9.17, 15) is 5.11 Å². The van der Waals surface area contributed by atoms with E-state index in [1.807, 2.05) is 0 Å². The standard InChI is InChI=1S/C46H95NO.C2H4O.CH2O2/c1-5-9-12-15-20-27-36-45(35-8-4)37-28-23-18-25-32-41-47(43-34-44-48)42-33-26-19-24-31-40-46(38-29-21-16-13-10-6-2)39-30-22-17-14-11-7-3;1-2-3;2-1-3/h45-46,48H,5-44H2,1-4H3;2-3H,1H2;1H,(H,2,3). The zero-order valence-corrected chi connectivity index (χ0v) is 37.5. The predicted molar refractivity (Wildman–Crippen MR) is 241 cm³/mol. The molecule has 3 N–H and O–H groups in total. The molecule has 1 atom stereocenters. The molecule has 0 rings (SSSR count). The summed E-state index contributed by atoms with van der Waals surface area (Å²) in [5.41, 5.74) is 0. The molecule has 0 saturated heterocycles. The summed E-state index contributed by atoms with van der Waals surface area (Å²) in [6.45, 7) is 15.9. The van der Waals surface area contributed by atoms with E-state index < -0.39 is 0 Å². The van der Waals surface area contributed by atoms with Crippen molar-refractivity contribution in [3.63, 3.8) is 0 Å². The van der Waals surface area contributed by atoms with Crippen LogP contribution in [0.4, 0.5) is 0 Å². The first kappa shape index (κ1) is 57.3. The summed E-state index contributed by atoms with van der Waals surface area (Å²) in [7, 11) is 0. The highest BCUT2D eigenvalue weighted by molar-refractivity contribution is 5.32. The second-order valence-electron chi connectivity index (χ2n) is 16.5. The minimum absolute atomic E-state index is 0.250. The molecule has 0 bridgehead atoms. The van der Waals surface area contributed by atoms with Gasteiger partial charge in [-0.25, -0.2) is 0 Å². The van der Waals surface area contributed by atoms with Crippen molar-refractivity contribution >= 4 is 6.47 Å². The Hall–Kier alpha value is -1.07. The van der Waals surface area contributed by atoms with E-state index in [0.29, 0.717) is 6.61 Å². The summed E-state index contributed by atoms with van der Waals surface area (Å²) >= 11 is 0. The maximum atomic E-state index is 9.46. The Bertz CT molecular complexity index is 638. The zero-order chi connectivity index (χ0) is 40.4. The molecule has 0 saturated carbocycles. The zero-order valence-electron chi connectivity index (χ0n) is 37.5. The molecule has 1 unspecified atom stereocenters. The van der Waals surface area contributed by atoms with Gasteiger partial charge in [0.05, 0.1) is 6.26 Å². The number of rotatable bonds is 42. The highest BCUT2D eigenvalue weighted by Gasteiger charge is 2.10. The first-order chi connectivity index (χ1) is 26.5. The number of hydrogen-bond donors (Lipinski definition) is 3. The van der Waals surface area contributed by atoms with Crippen LogP contribution in [0.25, 0.3) is 0 Å². The van der Waals surface area contributed by atoms with Crippen molar-refractivity contribution in [3.8, 4) is 0 Å². The molecule has 0 aliphatic carbocycles. The summed E-state index contributed by atoms with van der Waals surface area (Å²) in [6, 6.07) is 0. The van der Waals surface area contributed by atoms with Crippen LogP contribution < -0.4 is 0 Å². The number of unbranched alkanes of at least 4 members (excludes halogenated alkanes) is 23. The van der Waals surface area contributed by atoms with Gasteiger partial charge < -0.3 is 20.2 Å². The van der Waals surface area contributed by atoms with Crippen LogP contribution in [0.5, 0.6) is 0 Å². The molecule has 54 heavy (non-hydrogen) atoms. The Morgan fingerprint density at radius 3 is 0.926 bits per heavy atom. The third-order valence-electron chi connectivity index (χ3n) is 11.4. The average Bonchev–Trinajstić information content (AvgIpc) is 3.16. The molecule has 5 nitrogen and oxygen atoms in total. The van der Waals surface area contributed by atoms with Crippen molar-refractivity contribution in [2.24, 2.45) is 11.8 Å². The first-order valence-corrected chi connectivity index (χ1v) is 24.2. The number of carboxylic acid groups (broad SMARTS) is 1. The van der Waals surface area contributed by atoms with Gasteiger partial charge in [0.2, 0.25) is 0 Å². The van der Waals surface area contributed by atoms with Crippen LogP contribution >= 0.6 is 0 Å². The van der Waals surface area contributed by atoms with Gasteiger partial charge in [-0.05, 0) is 44.2 Å². The number of hydrogen-bond acceptors (Lipinski definition) is 4. The molecule has 326 valence electrons. The van der Waals surface area contributed by atoms with E-state index in [0.717, 1.165) is 31.1 Å². The van der Waals surface area contributed by atoms with Crippen LogP contribution in [0.2, 0.25) is 0 Å². The molecular formula is C49H101NO4. The van der Waals surface area contributed by atoms with Crippen molar-refractivity contribution in [2.45, 2.75) is 259 Å². The molecule has 0 fully saturated rings. The fourth-order valence-electron chi connectivity index (χ4n) is 8.14. The van der Waals surface area contributed by atoms with E-state index in [-0.39, 0.29) is 6.47 Å². The third kappa shape index (κ3) is 50.9. The molecule has 0 aromatic carbocycles. The van der Waals surface area contributed by atoms with Crippen LogP contribution in [0.15, 0.2) is 12.8 Å². The summed E-state index contributed by atoms with van der Waals surface area (Å²) in [5, 5.41) is 23.7. The molecule has 0 spiro atoms. The summed E-state index contributed by atoms with van der Waals surface area (Å²) in [6.07, 6.45) is 52.0. The maximum absolute atomic E-state index is 9.46. The number of nitrogens with zero attached hydrogens (tertiary/aromatic N) is 1. The second kappa shape index (κ2) is 54.0. The summed E-state index contributed by atoms with van der Waals surface area (Å²) in [5.74, 6) is 1.99. The normalized spacial score (nSPS) is 11.6. The summed E-state index contributed by atoms with van der Waals surface area (Å²) < 4.78 is 0. The van der Waals surface area contributed by atoms with Crippen molar-refractivity contribution < 1.29 is 20.1 Å². The topological polar surface area (TPSA) is 81.0 Å². The van der Waals surface area contributed by atoms with Crippen LogP contribution in [0.1, 0.15) is 259 Å². The van der Waals surface area contributed by atoms with Crippen LogP contribution in [0.3, 0.4) is 0 Å². The van der Waals surface area contributed by atoms with Gasteiger partial charge in [-0.2, -0.15) is 0 Å². The van der Waals surface area contributed by atoms with Crippen LogP contribution in [-0.4, -0.2) is 52.9 Å². The molecule has 5 heteroatoms. The minimum Gasteiger partial charge on any atom is -0.516 e. The lowest BCUT2D eigenvalue weighted by atomic mass is 9.89. The SMILES string of the molecule is C=CO.CCCCCCCCC(CCC)CCCCCCCN(CCCO)CCCCCCCC(CCCCCCCC)CCCCCCCC.O=CO. The van der Waals surface area contributed by atoms with E-state index in [1.165, 1.54) is 238 Å². The molecule has 0 heterocycles.